The van der Waals surface area contributed by atoms with Crippen molar-refractivity contribution in [2.24, 2.45) is 5.73 Å². The molecular weight excluding hydrogens is 508 g/mol. The average molecular weight is 561 g/mol. The standard InChI is InChI=1S/C31H52N4O5/c1-7-9-10-11-12-16-22-35(27(24-18-14-13-15-19-24)28(37)33-23(3)17-8-2)29(38)25(20-21-26(32)36)34-30(39)40-31(4,5)6/h13-15,18-19,23,25,27H,7-12,16-17,20-22H2,1-6H3,(H2,32,36)(H,33,37)(H,34,39). The summed E-state index contributed by atoms with van der Waals surface area (Å²) in [5, 5.41) is 5.72. The van der Waals surface area contributed by atoms with Crippen LogP contribution in [0, 0.1) is 0 Å². The first-order chi connectivity index (χ1) is 18.9. The van der Waals surface area contributed by atoms with Gasteiger partial charge in [0.25, 0.3) is 0 Å². The Bertz CT molecular complexity index is 916. The number of primary amides is 1. The summed E-state index contributed by atoms with van der Waals surface area (Å²) in [7, 11) is 0. The van der Waals surface area contributed by atoms with E-state index in [9.17, 15) is 19.2 Å². The van der Waals surface area contributed by atoms with Crippen LogP contribution in [0.15, 0.2) is 30.3 Å². The van der Waals surface area contributed by atoms with Crippen LogP contribution in [0.3, 0.4) is 0 Å². The molecule has 0 aliphatic carbocycles. The molecule has 40 heavy (non-hydrogen) atoms. The second kappa shape index (κ2) is 18.3. The van der Waals surface area contributed by atoms with Gasteiger partial charge in [0.15, 0.2) is 0 Å². The fourth-order valence-electron chi connectivity index (χ4n) is 4.56. The fraction of sp³-hybridized carbons (Fsp3) is 0.677. The third-order valence-electron chi connectivity index (χ3n) is 6.49. The molecule has 0 saturated heterocycles. The van der Waals surface area contributed by atoms with Gasteiger partial charge in [0.2, 0.25) is 17.7 Å². The molecule has 0 radical (unpaired) electrons. The third-order valence-corrected chi connectivity index (χ3v) is 6.49. The van der Waals surface area contributed by atoms with E-state index in [1.807, 2.05) is 37.3 Å². The number of nitrogens with two attached hydrogens (primary N) is 1. The number of carbonyl (C=O) groups is 4. The maximum Gasteiger partial charge on any atom is 0.408 e. The maximum absolute atomic E-state index is 14.2. The number of nitrogens with zero attached hydrogens (tertiary/aromatic N) is 1. The van der Waals surface area contributed by atoms with Crippen molar-refractivity contribution in [2.75, 3.05) is 6.54 Å². The first-order valence-electron chi connectivity index (χ1n) is 14.8. The second-order valence-electron chi connectivity index (χ2n) is 11.5. The highest BCUT2D eigenvalue weighted by Crippen LogP contribution is 2.25. The molecule has 3 unspecified atom stereocenters. The van der Waals surface area contributed by atoms with E-state index >= 15 is 0 Å². The van der Waals surface area contributed by atoms with Crippen LogP contribution in [0.1, 0.15) is 117 Å². The molecule has 0 heterocycles. The molecule has 9 nitrogen and oxygen atoms in total. The van der Waals surface area contributed by atoms with Crippen molar-refractivity contribution >= 4 is 23.8 Å². The summed E-state index contributed by atoms with van der Waals surface area (Å²) in [5.41, 5.74) is 5.30. The number of amides is 4. The topological polar surface area (TPSA) is 131 Å². The number of hydrogen-bond acceptors (Lipinski definition) is 5. The van der Waals surface area contributed by atoms with E-state index in [4.69, 9.17) is 10.5 Å². The summed E-state index contributed by atoms with van der Waals surface area (Å²) >= 11 is 0. The molecule has 9 heteroatoms. The van der Waals surface area contributed by atoms with Gasteiger partial charge in [-0.25, -0.2) is 4.79 Å². The number of rotatable bonds is 18. The fourth-order valence-corrected chi connectivity index (χ4v) is 4.56. The Morgan fingerprint density at radius 3 is 2.10 bits per heavy atom. The first-order valence-corrected chi connectivity index (χ1v) is 14.8. The lowest BCUT2D eigenvalue weighted by Gasteiger charge is -2.35. The van der Waals surface area contributed by atoms with Crippen molar-refractivity contribution in [3.05, 3.63) is 35.9 Å². The Balaban J connectivity index is 3.41. The van der Waals surface area contributed by atoms with E-state index in [0.29, 0.717) is 18.5 Å². The number of unbranched alkanes of at least 4 members (excludes halogenated alkanes) is 5. The summed E-state index contributed by atoms with van der Waals surface area (Å²) in [6.45, 7) is 11.7. The van der Waals surface area contributed by atoms with Crippen molar-refractivity contribution in [1.82, 2.24) is 15.5 Å². The molecule has 0 aromatic heterocycles. The molecule has 226 valence electrons. The highest BCUT2D eigenvalue weighted by atomic mass is 16.6. The molecule has 1 aromatic carbocycles. The van der Waals surface area contributed by atoms with Gasteiger partial charge in [0.05, 0.1) is 0 Å². The summed E-state index contributed by atoms with van der Waals surface area (Å²) < 4.78 is 5.40. The predicted molar refractivity (Wildman–Crippen MR) is 158 cm³/mol. The Labute approximate surface area is 241 Å². The summed E-state index contributed by atoms with van der Waals surface area (Å²) in [5.74, 6) is -1.32. The van der Waals surface area contributed by atoms with Crippen LogP contribution in [-0.2, 0) is 19.1 Å². The summed E-state index contributed by atoms with van der Waals surface area (Å²) in [6.07, 6.45) is 6.88. The van der Waals surface area contributed by atoms with Crippen LogP contribution in [0.2, 0.25) is 0 Å². The Morgan fingerprint density at radius 1 is 0.900 bits per heavy atom. The maximum atomic E-state index is 14.2. The number of ether oxygens (including phenoxy) is 1. The van der Waals surface area contributed by atoms with Gasteiger partial charge in [-0.3, -0.25) is 14.4 Å². The van der Waals surface area contributed by atoms with Crippen molar-refractivity contribution in [3.63, 3.8) is 0 Å². The minimum atomic E-state index is -1.09. The van der Waals surface area contributed by atoms with Crippen LogP contribution < -0.4 is 16.4 Å². The third kappa shape index (κ3) is 13.8. The van der Waals surface area contributed by atoms with E-state index < -0.39 is 35.6 Å². The van der Waals surface area contributed by atoms with Gasteiger partial charge in [0.1, 0.15) is 17.7 Å². The van der Waals surface area contributed by atoms with Crippen molar-refractivity contribution in [3.8, 4) is 0 Å². The van der Waals surface area contributed by atoms with Crippen molar-refractivity contribution in [1.29, 1.82) is 0 Å². The van der Waals surface area contributed by atoms with Gasteiger partial charge in [-0.1, -0.05) is 82.7 Å². The lowest BCUT2D eigenvalue weighted by atomic mass is 10.00. The van der Waals surface area contributed by atoms with E-state index in [-0.39, 0.29) is 24.8 Å². The van der Waals surface area contributed by atoms with Gasteiger partial charge >= 0.3 is 6.09 Å². The smallest absolute Gasteiger partial charge is 0.408 e. The number of nitrogens with one attached hydrogen (secondary N) is 2. The van der Waals surface area contributed by atoms with E-state index in [1.54, 1.807) is 25.7 Å². The van der Waals surface area contributed by atoms with Crippen LogP contribution in [0.4, 0.5) is 4.79 Å². The van der Waals surface area contributed by atoms with E-state index in [0.717, 1.165) is 44.9 Å². The monoisotopic (exact) mass is 560 g/mol. The Morgan fingerprint density at radius 2 is 1.52 bits per heavy atom. The van der Waals surface area contributed by atoms with Gasteiger partial charge in [-0.05, 0) is 52.5 Å². The summed E-state index contributed by atoms with van der Waals surface area (Å²) in [6, 6.07) is 7.13. The molecule has 0 bridgehead atoms. The van der Waals surface area contributed by atoms with Gasteiger partial charge in [-0.2, -0.15) is 0 Å². The zero-order valence-electron chi connectivity index (χ0n) is 25.5. The van der Waals surface area contributed by atoms with Crippen LogP contribution in [0.25, 0.3) is 0 Å². The number of alkyl carbamates (subject to hydrolysis) is 1. The highest BCUT2D eigenvalue weighted by molar-refractivity contribution is 5.92. The second-order valence-corrected chi connectivity index (χ2v) is 11.5. The normalized spacial score (nSPS) is 13.6. The van der Waals surface area contributed by atoms with Crippen molar-refractivity contribution in [2.45, 2.75) is 129 Å². The highest BCUT2D eigenvalue weighted by Gasteiger charge is 2.36. The SMILES string of the molecule is CCCCCCCCN(C(=O)C(CCC(N)=O)NC(=O)OC(C)(C)C)C(C(=O)NC(C)CCC)c1ccccc1. The molecular formula is C31H52N4O5. The first kappa shape index (κ1) is 34.9. The Kier molecular flexibility index (Phi) is 16.0. The van der Waals surface area contributed by atoms with Crippen LogP contribution in [-0.4, -0.2) is 52.9 Å². The molecule has 4 N–H and O–H groups in total. The molecule has 3 atom stereocenters. The minimum Gasteiger partial charge on any atom is -0.444 e. The van der Waals surface area contributed by atoms with Crippen LogP contribution >= 0.6 is 0 Å². The largest absolute Gasteiger partial charge is 0.444 e. The van der Waals surface area contributed by atoms with Crippen LogP contribution in [0.5, 0.6) is 0 Å². The molecule has 0 aliphatic heterocycles. The Hall–Kier alpha value is -3.10. The zero-order valence-corrected chi connectivity index (χ0v) is 25.5. The predicted octanol–water partition coefficient (Wildman–Crippen LogP) is 5.38. The molecule has 1 rings (SSSR count). The van der Waals surface area contributed by atoms with E-state index in [2.05, 4.69) is 24.5 Å². The zero-order chi connectivity index (χ0) is 30.1. The molecule has 0 spiro atoms. The minimum absolute atomic E-state index is 0.00419. The lowest BCUT2D eigenvalue weighted by molar-refractivity contribution is -0.143. The molecule has 4 amide bonds. The molecule has 1 aromatic rings. The molecule has 0 saturated carbocycles. The number of benzene rings is 1. The molecule has 0 aliphatic rings. The van der Waals surface area contributed by atoms with E-state index in [1.165, 1.54) is 0 Å². The van der Waals surface area contributed by atoms with Gasteiger partial charge in [0, 0.05) is 19.0 Å². The quantitative estimate of drug-likeness (QED) is 0.208. The summed E-state index contributed by atoms with van der Waals surface area (Å²) in [4.78, 5) is 53.8. The lowest BCUT2D eigenvalue weighted by Crippen LogP contribution is -2.54. The van der Waals surface area contributed by atoms with Gasteiger partial charge < -0.3 is 26.0 Å². The number of hydrogen-bond donors (Lipinski definition) is 3. The molecule has 0 fully saturated rings. The average Bonchev–Trinajstić information content (AvgIpc) is 2.86. The van der Waals surface area contributed by atoms with Crippen molar-refractivity contribution < 1.29 is 23.9 Å². The number of carbonyl (C=O) groups excluding carboxylic acids is 4. The van der Waals surface area contributed by atoms with Gasteiger partial charge in [-0.15, -0.1) is 0 Å².